The van der Waals surface area contributed by atoms with Gasteiger partial charge in [-0.1, -0.05) is 164 Å². The van der Waals surface area contributed by atoms with Gasteiger partial charge in [-0.25, -0.2) is 0 Å². The van der Waals surface area contributed by atoms with Crippen molar-refractivity contribution in [3.05, 3.63) is 169 Å². The van der Waals surface area contributed by atoms with Crippen molar-refractivity contribution in [1.82, 2.24) is 0 Å². The predicted molar refractivity (Wildman–Crippen MR) is 183 cm³/mol. The summed E-state index contributed by atoms with van der Waals surface area (Å²) in [6.45, 7) is 0. The van der Waals surface area contributed by atoms with Crippen LogP contribution in [-0.2, 0) is 0 Å². The number of rotatable bonds is 4. The van der Waals surface area contributed by atoms with E-state index in [1.54, 1.807) is 0 Å². The van der Waals surface area contributed by atoms with Crippen molar-refractivity contribution in [3.63, 3.8) is 0 Å². The van der Waals surface area contributed by atoms with Gasteiger partial charge in [0.15, 0.2) is 0 Å². The molecule has 0 amide bonds. The van der Waals surface area contributed by atoms with Crippen molar-refractivity contribution in [2.24, 2.45) is 0 Å². The summed E-state index contributed by atoms with van der Waals surface area (Å²) in [5.74, 6) is 0. The molecule has 0 bridgehead atoms. The lowest BCUT2D eigenvalue weighted by Gasteiger charge is -2.19. The quantitative estimate of drug-likeness (QED) is 0.156. The zero-order chi connectivity index (χ0) is 27.9. The molecule has 0 spiro atoms. The van der Waals surface area contributed by atoms with Crippen molar-refractivity contribution >= 4 is 55.2 Å². The summed E-state index contributed by atoms with van der Waals surface area (Å²) < 4.78 is 0. The lowest BCUT2D eigenvalue weighted by Crippen LogP contribution is -1.92. The van der Waals surface area contributed by atoms with Gasteiger partial charge in [0.2, 0.25) is 0 Å². The number of hydrogen-bond donors (Lipinski definition) is 0. The van der Waals surface area contributed by atoms with E-state index in [2.05, 4.69) is 170 Å². The molecule has 196 valence electrons. The summed E-state index contributed by atoms with van der Waals surface area (Å²) in [4.78, 5) is 0. The van der Waals surface area contributed by atoms with Gasteiger partial charge in [-0.15, -0.1) is 0 Å². The molecule has 0 N–H and O–H groups in total. The van der Waals surface area contributed by atoms with Gasteiger partial charge in [-0.2, -0.15) is 0 Å². The normalized spacial score (nSPS) is 11.7. The monoisotopic (exact) mass is 532 g/mol. The Hall–Kier alpha value is -5.46. The molecule has 0 aliphatic heterocycles. The second kappa shape index (κ2) is 10.2. The van der Waals surface area contributed by atoms with Gasteiger partial charge in [0, 0.05) is 0 Å². The molecule has 0 radical (unpaired) electrons. The third kappa shape index (κ3) is 4.08. The molecular weight excluding hydrogens is 504 g/mol. The summed E-state index contributed by atoms with van der Waals surface area (Å²) in [5.41, 5.74) is 7.52. The minimum Gasteiger partial charge on any atom is -0.0622 e. The predicted octanol–water partition coefficient (Wildman–Crippen LogP) is 11.8. The van der Waals surface area contributed by atoms with Crippen molar-refractivity contribution in [2.45, 2.75) is 0 Å². The molecule has 0 fully saturated rings. The Morgan fingerprint density at radius 3 is 1.64 bits per heavy atom. The van der Waals surface area contributed by atoms with Crippen LogP contribution in [0.4, 0.5) is 0 Å². The first-order valence-electron chi connectivity index (χ1n) is 14.5. The van der Waals surface area contributed by atoms with Crippen LogP contribution in [0, 0.1) is 0 Å². The van der Waals surface area contributed by atoms with Crippen LogP contribution in [0.25, 0.3) is 77.5 Å². The van der Waals surface area contributed by atoms with E-state index in [1.807, 2.05) is 0 Å². The van der Waals surface area contributed by atoms with Crippen LogP contribution in [0.15, 0.2) is 158 Å². The van der Waals surface area contributed by atoms with Crippen LogP contribution in [0.1, 0.15) is 11.1 Å². The van der Waals surface area contributed by atoms with Crippen molar-refractivity contribution in [3.8, 4) is 22.3 Å². The van der Waals surface area contributed by atoms with E-state index in [-0.39, 0.29) is 0 Å². The number of benzene rings is 8. The molecule has 0 heterocycles. The molecule has 0 saturated carbocycles. The summed E-state index contributed by atoms with van der Waals surface area (Å²) in [6, 6.07) is 57.2. The highest BCUT2D eigenvalue weighted by Gasteiger charge is 2.18. The molecule has 0 heteroatoms. The third-order valence-corrected chi connectivity index (χ3v) is 8.45. The SMILES string of the molecule is C(=C/c1cccc2c(-c3c4ccccc4c(-c4ccc5ccccc5c4)c4ccccc34)cccc12)/c1ccccc1. The first kappa shape index (κ1) is 24.3. The zero-order valence-corrected chi connectivity index (χ0v) is 23.2. The smallest absolute Gasteiger partial charge is 0.00201 e. The van der Waals surface area contributed by atoms with Gasteiger partial charge in [0.05, 0.1) is 0 Å². The van der Waals surface area contributed by atoms with E-state index >= 15 is 0 Å². The fourth-order valence-corrected chi connectivity index (χ4v) is 6.52. The highest BCUT2D eigenvalue weighted by atomic mass is 14.2. The second-order valence-corrected chi connectivity index (χ2v) is 10.9. The van der Waals surface area contributed by atoms with Crippen LogP contribution in [-0.4, -0.2) is 0 Å². The zero-order valence-electron chi connectivity index (χ0n) is 23.2. The van der Waals surface area contributed by atoms with Crippen molar-refractivity contribution in [1.29, 1.82) is 0 Å². The fraction of sp³-hybridized carbons (Fsp3) is 0. The Kier molecular flexibility index (Phi) is 5.90. The fourth-order valence-electron chi connectivity index (χ4n) is 6.52. The number of fused-ring (bicyclic) bond motifs is 4. The van der Waals surface area contributed by atoms with Gasteiger partial charge in [0.1, 0.15) is 0 Å². The summed E-state index contributed by atoms with van der Waals surface area (Å²) in [5, 5.41) is 10.2. The van der Waals surface area contributed by atoms with Crippen LogP contribution in [0.5, 0.6) is 0 Å². The van der Waals surface area contributed by atoms with Crippen molar-refractivity contribution in [2.75, 3.05) is 0 Å². The topological polar surface area (TPSA) is 0 Å². The minimum atomic E-state index is 1.20. The first-order valence-corrected chi connectivity index (χ1v) is 14.5. The Balaban J connectivity index is 1.41. The summed E-state index contributed by atoms with van der Waals surface area (Å²) in [7, 11) is 0. The molecule has 8 aromatic rings. The largest absolute Gasteiger partial charge is 0.0622 e. The van der Waals surface area contributed by atoms with Gasteiger partial charge in [0.25, 0.3) is 0 Å². The maximum Gasteiger partial charge on any atom is -0.00201 e. The molecule has 8 rings (SSSR count). The average molecular weight is 533 g/mol. The summed E-state index contributed by atoms with van der Waals surface area (Å²) in [6.07, 6.45) is 4.44. The van der Waals surface area contributed by atoms with E-state index in [9.17, 15) is 0 Å². The van der Waals surface area contributed by atoms with Crippen LogP contribution < -0.4 is 0 Å². The van der Waals surface area contributed by atoms with Crippen LogP contribution in [0.3, 0.4) is 0 Å². The third-order valence-electron chi connectivity index (χ3n) is 8.45. The molecule has 0 atom stereocenters. The maximum atomic E-state index is 2.34. The van der Waals surface area contributed by atoms with Crippen molar-refractivity contribution < 1.29 is 0 Å². The van der Waals surface area contributed by atoms with E-state index in [0.29, 0.717) is 0 Å². The molecule has 0 aliphatic carbocycles. The molecule has 0 aromatic heterocycles. The summed E-state index contributed by atoms with van der Waals surface area (Å²) >= 11 is 0. The van der Waals surface area contributed by atoms with Crippen LogP contribution in [0.2, 0.25) is 0 Å². The molecular formula is C42H28. The van der Waals surface area contributed by atoms with Gasteiger partial charge in [-0.3, -0.25) is 0 Å². The lowest BCUT2D eigenvalue weighted by molar-refractivity contribution is 1.66. The Morgan fingerprint density at radius 2 is 0.905 bits per heavy atom. The molecule has 0 unspecified atom stereocenters. The highest BCUT2D eigenvalue weighted by molar-refractivity contribution is 6.24. The number of hydrogen-bond acceptors (Lipinski definition) is 0. The average Bonchev–Trinajstić information content (AvgIpc) is 3.06. The van der Waals surface area contributed by atoms with E-state index in [1.165, 1.54) is 76.5 Å². The van der Waals surface area contributed by atoms with Gasteiger partial charge < -0.3 is 0 Å². The Morgan fingerprint density at radius 1 is 0.333 bits per heavy atom. The van der Waals surface area contributed by atoms with Gasteiger partial charge in [-0.05, 0) is 82.5 Å². The molecule has 8 aromatic carbocycles. The molecule has 0 saturated heterocycles. The minimum absolute atomic E-state index is 1.20. The molecule has 0 nitrogen and oxygen atoms in total. The lowest BCUT2D eigenvalue weighted by atomic mass is 9.84. The van der Waals surface area contributed by atoms with Crippen LogP contribution >= 0.6 is 0 Å². The molecule has 42 heavy (non-hydrogen) atoms. The maximum absolute atomic E-state index is 2.34. The second-order valence-electron chi connectivity index (χ2n) is 10.9. The van der Waals surface area contributed by atoms with Gasteiger partial charge >= 0.3 is 0 Å². The van der Waals surface area contributed by atoms with E-state index in [0.717, 1.165) is 0 Å². The molecule has 0 aliphatic rings. The highest BCUT2D eigenvalue weighted by Crippen LogP contribution is 2.45. The Labute approximate surface area is 245 Å². The van der Waals surface area contributed by atoms with E-state index in [4.69, 9.17) is 0 Å². The van der Waals surface area contributed by atoms with E-state index < -0.39 is 0 Å². The standard InChI is InChI=1S/C42H28/c1-2-12-29(13-3-1)24-25-31-16-10-22-35-34(31)21-11-23-36(35)42-39-19-8-6-17-37(39)41(38-18-7-9-20-40(38)42)33-27-26-30-14-4-5-15-32(30)28-33/h1-28H/b25-24-. The Bertz CT molecular complexity index is 2230. The first-order chi connectivity index (χ1) is 20.8.